The summed E-state index contributed by atoms with van der Waals surface area (Å²) in [6, 6.07) is 0.534. The molecular weight excluding hydrogens is 455 g/mol. The highest BCUT2D eigenvalue weighted by Gasteiger charge is 2.58. The van der Waals surface area contributed by atoms with Crippen LogP contribution in [0.1, 0.15) is 18.7 Å². The van der Waals surface area contributed by atoms with Gasteiger partial charge in [0.15, 0.2) is 12.4 Å². The van der Waals surface area contributed by atoms with Crippen LogP contribution in [0.25, 0.3) is 5.65 Å². The van der Waals surface area contributed by atoms with E-state index in [0.29, 0.717) is 24.9 Å². The van der Waals surface area contributed by atoms with Crippen molar-refractivity contribution in [1.29, 1.82) is 0 Å². The molecule has 2 bridgehead atoms. The third-order valence-corrected chi connectivity index (χ3v) is 5.94. The smallest absolute Gasteiger partial charge is 0.456 e. The maximum absolute atomic E-state index is 13.2. The van der Waals surface area contributed by atoms with Crippen LogP contribution in [0.2, 0.25) is 0 Å². The highest BCUT2D eigenvalue weighted by Crippen LogP contribution is 2.40. The molecule has 0 unspecified atom stereocenters. The van der Waals surface area contributed by atoms with Crippen molar-refractivity contribution in [2.24, 2.45) is 11.8 Å². The highest BCUT2D eigenvalue weighted by molar-refractivity contribution is 5.52. The van der Waals surface area contributed by atoms with Crippen LogP contribution in [-0.4, -0.2) is 67.6 Å². The summed E-state index contributed by atoms with van der Waals surface area (Å²) in [5.41, 5.74) is -0.0657. The van der Waals surface area contributed by atoms with Gasteiger partial charge in [-0.25, -0.2) is 9.50 Å². The number of nitrogens with zero attached hydrogens (tertiary/aromatic N) is 7. The number of fused-ring (bicyclic) bond motifs is 3. The number of alkyl halides is 5. The van der Waals surface area contributed by atoms with Gasteiger partial charge in [-0.15, -0.1) is 5.10 Å². The molecule has 178 valence electrons. The molecule has 33 heavy (non-hydrogen) atoms. The Hall–Kier alpha value is -3.26. The molecule has 0 aromatic carbocycles. The summed E-state index contributed by atoms with van der Waals surface area (Å²) in [6.45, 7) is 1.25. The molecule has 2 fully saturated rings. The van der Waals surface area contributed by atoms with Crippen molar-refractivity contribution in [3.05, 3.63) is 18.2 Å². The van der Waals surface area contributed by atoms with E-state index in [0.717, 1.165) is 12.8 Å². The van der Waals surface area contributed by atoms with E-state index in [1.807, 2.05) is 4.90 Å². The number of aromatic nitrogens is 6. The van der Waals surface area contributed by atoms with Gasteiger partial charge in [-0.2, -0.15) is 31.9 Å². The minimum absolute atomic E-state index is 0.0505. The summed E-state index contributed by atoms with van der Waals surface area (Å²) in [7, 11) is 0. The van der Waals surface area contributed by atoms with Crippen LogP contribution in [0, 0.1) is 18.8 Å². The second kappa shape index (κ2) is 7.66. The summed E-state index contributed by atoms with van der Waals surface area (Å²) < 4.78 is 74.9. The average molecular weight is 474 g/mol. The molecule has 15 heteroatoms. The zero-order valence-electron chi connectivity index (χ0n) is 17.3. The molecule has 0 radical (unpaired) electrons. The molecular formula is C18H19F5N8O2. The zero-order valence-corrected chi connectivity index (χ0v) is 17.3. The van der Waals surface area contributed by atoms with E-state index in [1.54, 1.807) is 6.92 Å². The van der Waals surface area contributed by atoms with E-state index < -0.39 is 24.6 Å². The van der Waals surface area contributed by atoms with Crippen LogP contribution in [0.5, 0.6) is 5.88 Å². The van der Waals surface area contributed by atoms with Crippen LogP contribution < -0.4 is 15.0 Å². The Morgan fingerprint density at radius 3 is 2.52 bits per heavy atom. The summed E-state index contributed by atoms with van der Waals surface area (Å²) >= 11 is 0. The molecule has 3 atom stereocenters. The largest absolute Gasteiger partial charge is 0.468 e. The Labute approximate surface area is 183 Å². The normalized spacial score (nSPS) is 23.3. The molecule has 0 spiro atoms. The SMILES string of the molecule is Cc1noc(N2C[C@H]3CC[C@@H](C2)[C@@H]3Nc2nc3c(OCC(F)(F)C(F)(F)F)nccn3n2)n1. The Morgan fingerprint density at radius 1 is 1.15 bits per heavy atom. The van der Waals surface area contributed by atoms with E-state index in [2.05, 4.69) is 35.3 Å². The van der Waals surface area contributed by atoms with Gasteiger partial charge in [-0.3, -0.25) is 0 Å². The Balaban J connectivity index is 1.30. The van der Waals surface area contributed by atoms with Crippen molar-refractivity contribution in [2.45, 2.75) is 37.9 Å². The van der Waals surface area contributed by atoms with Gasteiger partial charge in [0.25, 0.3) is 5.88 Å². The first-order valence-electron chi connectivity index (χ1n) is 10.2. The van der Waals surface area contributed by atoms with Crippen LogP contribution in [0.15, 0.2) is 16.9 Å². The Kier molecular flexibility index (Phi) is 5.01. The predicted octanol–water partition coefficient (Wildman–Crippen LogP) is 2.72. The predicted molar refractivity (Wildman–Crippen MR) is 102 cm³/mol. The number of anilines is 2. The van der Waals surface area contributed by atoms with Gasteiger partial charge >= 0.3 is 18.1 Å². The molecule has 1 aliphatic carbocycles. The van der Waals surface area contributed by atoms with Crippen molar-refractivity contribution in [3.8, 4) is 5.88 Å². The number of piperidine rings is 1. The first-order valence-corrected chi connectivity index (χ1v) is 10.2. The van der Waals surface area contributed by atoms with Gasteiger partial charge in [0, 0.05) is 31.5 Å². The average Bonchev–Trinajstić information content (AvgIpc) is 3.41. The van der Waals surface area contributed by atoms with E-state index in [-0.39, 0.29) is 29.5 Å². The molecule has 4 heterocycles. The second-order valence-corrected chi connectivity index (χ2v) is 8.22. The standard InChI is InChI=1S/C18H19F5N8O2/c1-9-25-16(33-29-9)30-6-10-2-3-11(7-30)12(10)26-15-27-13-14(24-4-5-31(13)28-15)32-8-17(19,20)18(21,22)23/h4-5,10-12H,2-3,6-8H2,1H3,(H,26,28)/t10-,11+,12-. The van der Waals surface area contributed by atoms with Gasteiger partial charge in [0.05, 0.1) is 0 Å². The fourth-order valence-corrected chi connectivity index (χ4v) is 4.38. The van der Waals surface area contributed by atoms with Crippen molar-refractivity contribution in [3.63, 3.8) is 0 Å². The second-order valence-electron chi connectivity index (χ2n) is 8.22. The van der Waals surface area contributed by atoms with Gasteiger partial charge in [-0.05, 0) is 31.6 Å². The molecule has 3 aromatic heterocycles. The highest BCUT2D eigenvalue weighted by atomic mass is 19.4. The van der Waals surface area contributed by atoms with Gasteiger partial charge in [0.2, 0.25) is 11.6 Å². The quantitative estimate of drug-likeness (QED) is 0.540. The molecule has 2 aliphatic rings. The van der Waals surface area contributed by atoms with Crippen molar-refractivity contribution in [2.75, 3.05) is 29.9 Å². The minimum Gasteiger partial charge on any atom is -0.468 e. The molecule has 5 rings (SSSR count). The number of hydrogen-bond donors (Lipinski definition) is 1. The van der Waals surface area contributed by atoms with Crippen molar-refractivity contribution >= 4 is 17.6 Å². The van der Waals surface area contributed by atoms with Crippen LogP contribution in [0.4, 0.5) is 33.9 Å². The van der Waals surface area contributed by atoms with Crippen molar-refractivity contribution in [1.82, 2.24) is 29.7 Å². The fourth-order valence-electron chi connectivity index (χ4n) is 4.38. The van der Waals surface area contributed by atoms with Crippen LogP contribution in [-0.2, 0) is 0 Å². The molecule has 10 nitrogen and oxygen atoms in total. The fraction of sp³-hybridized carbons (Fsp3) is 0.611. The van der Waals surface area contributed by atoms with Crippen molar-refractivity contribution < 1.29 is 31.2 Å². The minimum atomic E-state index is -5.73. The molecule has 3 aromatic rings. The zero-order chi connectivity index (χ0) is 23.4. The van der Waals surface area contributed by atoms with Crippen LogP contribution >= 0.6 is 0 Å². The summed E-state index contributed by atoms with van der Waals surface area (Å²) in [5, 5.41) is 11.4. The third kappa shape index (κ3) is 3.99. The lowest BCUT2D eigenvalue weighted by Crippen LogP contribution is -2.48. The number of halogens is 5. The van der Waals surface area contributed by atoms with Gasteiger partial charge < -0.3 is 19.5 Å². The lowest BCUT2D eigenvalue weighted by atomic mass is 9.92. The summed E-state index contributed by atoms with van der Waals surface area (Å²) in [6.07, 6.45) is -1.20. The van der Waals surface area contributed by atoms with E-state index in [9.17, 15) is 22.0 Å². The first-order chi connectivity index (χ1) is 15.6. The lowest BCUT2D eigenvalue weighted by Gasteiger charge is -2.37. The molecule has 1 N–H and O–H groups in total. The van der Waals surface area contributed by atoms with Gasteiger partial charge in [-0.1, -0.05) is 5.16 Å². The summed E-state index contributed by atoms with van der Waals surface area (Å²) in [5.74, 6) is -4.21. The van der Waals surface area contributed by atoms with E-state index >= 15 is 0 Å². The first kappa shape index (κ1) is 21.6. The van der Waals surface area contributed by atoms with Gasteiger partial charge in [0.1, 0.15) is 0 Å². The molecule has 0 amide bonds. The third-order valence-electron chi connectivity index (χ3n) is 5.94. The number of nitrogens with one attached hydrogen (secondary N) is 1. The topological polar surface area (TPSA) is 106 Å². The molecule has 1 aliphatic heterocycles. The Bertz CT molecular complexity index is 1130. The number of rotatable bonds is 6. The van der Waals surface area contributed by atoms with E-state index in [4.69, 9.17) is 4.52 Å². The van der Waals surface area contributed by atoms with E-state index in [1.165, 1.54) is 16.9 Å². The maximum Gasteiger partial charge on any atom is 0.456 e. The Morgan fingerprint density at radius 2 is 1.88 bits per heavy atom. The molecule has 1 saturated heterocycles. The summed E-state index contributed by atoms with van der Waals surface area (Å²) in [4.78, 5) is 14.3. The number of aryl methyl sites for hydroxylation is 1. The maximum atomic E-state index is 13.2. The number of hydrogen-bond acceptors (Lipinski definition) is 9. The number of ether oxygens (including phenoxy) is 1. The monoisotopic (exact) mass is 474 g/mol. The molecule has 1 saturated carbocycles. The van der Waals surface area contributed by atoms with Crippen LogP contribution in [0.3, 0.4) is 0 Å². The lowest BCUT2D eigenvalue weighted by molar-refractivity contribution is -0.290.